The van der Waals surface area contributed by atoms with Crippen LogP contribution >= 0.6 is 0 Å². The van der Waals surface area contributed by atoms with Gasteiger partial charge in [0, 0.05) is 29.4 Å². The van der Waals surface area contributed by atoms with Crippen molar-refractivity contribution in [3.05, 3.63) is 0 Å². The maximum absolute atomic E-state index is 12.7. The largest absolute Gasteiger partial charge is 0.340 e. The fourth-order valence-corrected chi connectivity index (χ4v) is 3.59. The predicted molar refractivity (Wildman–Crippen MR) is 74.1 cm³/mol. The third-order valence-electron chi connectivity index (χ3n) is 4.18. The lowest BCUT2D eigenvalue weighted by Crippen LogP contribution is -2.69. The Morgan fingerprint density at radius 2 is 2.00 bits per heavy atom. The number of piperazine rings is 1. The summed E-state index contributed by atoms with van der Waals surface area (Å²) in [6.45, 7) is 2.32. The van der Waals surface area contributed by atoms with Crippen LogP contribution in [0.2, 0.25) is 0 Å². The molecule has 0 aromatic carbocycles. The third kappa shape index (κ3) is 2.68. The monoisotopic (exact) mass is 286 g/mol. The number of hydrogen-bond acceptors (Lipinski definition) is 3. The van der Waals surface area contributed by atoms with Gasteiger partial charge in [-0.2, -0.15) is 0 Å². The van der Waals surface area contributed by atoms with Gasteiger partial charge in [-0.3, -0.25) is 13.8 Å². The van der Waals surface area contributed by atoms with E-state index in [0.717, 1.165) is 25.7 Å². The van der Waals surface area contributed by atoms with Crippen LogP contribution < -0.4 is 5.32 Å². The minimum Gasteiger partial charge on any atom is -0.340 e. The third-order valence-corrected chi connectivity index (χ3v) is 4.93. The molecular weight excluding hydrogens is 264 g/mol. The average Bonchev–Trinajstić information content (AvgIpc) is 2.81. The van der Waals surface area contributed by atoms with E-state index in [2.05, 4.69) is 5.32 Å². The van der Waals surface area contributed by atoms with Crippen molar-refractivity contribution in [1.29, 1.82) is 0 Å². The van der Waals surface area contributed by atoms with Crippen LogP contribution in [0.3, 0.4) is 0 Å². The number of nitrogens with one attached hydrogen (secondary N) is 1. The molecular formula is C13H22N2O3S. The van der Waals surface area contributed by atoms with Crippen LogP contribution in [-0.2, 0) is 20.4 Å². The molecule has 1 spiro atoms. The van der Waals surface area contributed by atoms with Crippen molar-refractivity contribution in [3.63, 3.8) is 0 Å². The number of carbonyl (C=O) groups is 2. The van der Waals surface area contributed by atoms with Gasteiger partial charge in [0.05, 0.1) is 0 Å². The zero-order valence-corrected chi connectivity index (χ0v) is 12.4. The molecule has 1 aliphatic heterocycles. The van der Waals surface area contributed by atoms with Crippen molar-refractivity contribution < 1.29 is 13.8 Å². The van der Waals surface area contributed by atoms with Crippen molar-refractivity contribution in [3.8, 4) is 0 Å². The SMILES string of the molecule is CCC1C(=O)NC2(CCCC2)C(=O)N1CCS(C)=O. The second-order valence-corrected chi connectivity index (χ2v) is 7.03. The van der Waals surface area contributed by atoms with Crippen molar-refractivity contribution >= 4 is 22.6 Å². The zero-order chi connectivity index (χ0) is 14.0. The van der Waals surface area contributed by atoms with Crippen LogP contribution in [0.5, 0.6) is 0 Å². The predicted octanol–water partition coefficient (Wildman–Crippen LogP) is 0.415. The fourth-order valence-electron chi connectivity index (χ4n) is 3.14. The van der Waals surface area contributed by atoms with Crippen molar-refractivity contribution in [2.75, 3.05) is 18.6 Å². The Kier molecular flexibility index (Phi) is 4.28. The summed E-state index contributed by atoms with van der Waals surface area (Å²) in [4.78, 5) is 26.6. The normalized spacial score (nSPS) is 27.7. The number of amides is 2. The Labute approximate surface area is 116 Å². The van der Waals surface area contributed by atoms with Gasteiger partial charge in [0.25, 0.3) is 0 Å². The molecule has 2 amide bonds. The molecule has 2 aliphatic rings. The van der Waals surface area contributed by atoms with E-state index in [1.54, 1.807) is 11.2 Å². The molecule has 1 saturated heterocycles. The molecule has 2 rings (SSSR count). The smallest absolute Gasteiger partial charge is 0.249 e. The molecule has 1 heterocycles. The molecule has 0 radical (unpaired) electrons. The van der Waals surface area contributed by atoms with Gasteiger partial charge in [0.2, 0.25) is 11.8 Å². The first-order valence-corrected chi connectivity index (χ1v) is 8.66. The molecule has 6 heteroatoms. The highest BCUT2D eigenvalue weighted by atomic mass is 32.2. The van der Waals surface area contributed by atoms with Gasteiger partial charge in [-0.25, -0.2) is 0 Å². The maximum atomic E-state index is 12.7. The lowest BCUT2D eigenvalue weighted by molar-refractivity contribution is -0.154. The number of rotatable bonds is 4. The lowest BCUT2D eigenvalue weighted by Gasteiger charge is -2.44. The number of nitrogens with zero attached hydrogens (tertiary/aromatic N) is 1. The van der Waals surface area contributed by atoms with Crippen LogP contribution in [0.15, 0.2) is 0 Å². The zero-order valence-electron chi connectivity index (χ0n) is 11.6. The second kappa shape index (κ2) is 5.61. The minimum absolute atomic E-state index is 0.0295. The van der Waals surface area contributed by atoms with Crippen LogP contribution in [0, 0.1) is 0 Å². The van der Waals surface area contributed by atoms with Gasteiger partial charge >= 0.3 is 0 Å². The summed E-state index contributed by atoms with van der Waals surface area (Å²) >= 11 is 0. The van der Waals surface area contributed by atoms with Crippen LogP contribution in [0.4, 0.5) is 0 Å². The van der Waals surface area contributed by atoms with E-state index in [1.807, 2.05) is 6.92 Å². The van der Waals surface area contributed by atoms with Gasteiger partial charge < -0.3 is 10.2 Å². The van der Waals surface area contributed by atoms with Gasteiger partial charge in [-0.15, -0.1) is 0 Å². The molecule has 1 saturated carbocycles. The molecule has 1 aliphatic carbocycles. The summed E-state index contributed by atoms with van der Waals surface area (Å²) in [6, 6.07) is -0.401. The molecule has 19 heavy (non-hydrogen) atoms. The van der Waals surface area contributed by atoms with E-state index in [-0.39, 0.29) is 11.8 Å². The summed E-state index contributed by atoms with van der Waals surface area (Å²) in [6.07, 6.45) is 5.66. The lowest BCUT2D eigenvalue weighted by atomic mass is 9.90. The first-order valence-electron chi connectivity index (χ1n) is 6.93. The standard InChI is InChI=1S/C13H22N2O3S/c1-3-10-11(16)14-13(6-4-5-7-13)12(17)15(10)8-9-19(2)18/h10H,3-9H2,1-2H3,(H,14,16). The minimum atomic E-state index is -0.949. The highest BCUT2D eigenvalue weighted by Crippen LogP contribution is 2.35. The maximum Gasteiger partial charge on any atom is 0.249 e. The molecule has 2 unspecified atom stereocenters. The average molecular weight is 286 g/mol. The summed E-state index contributed by atoms with van der Waals surface area (Å²) < 4.78 is 11.3. The second-order valence-electron chi connectivity index (χ2n) is 5.48. The Balaban J connectivity index is 2.21. The Hall–Kier alpha value is -0.910. The molecule has 0 aromatic rings. The number of hydrogen-bond donors (Lipinski definition) is 1. The summed E-state index contributed by atoms with van der Waals surface area (Å²) in [5.41, 5.74) is -0.669. The van der Waals surface area contributed by atoms with E-state index in [1.165, 1.54) is 0 Å². The quantitative estimate of drug-likeness (QED) is 0.814. The highest BCUT2D eigenvalue weighted by Gasteiger charge is 2.51. The van der Waals surface area contributed by atoms with E-state index >= 15 is 0 Å². The molecule has 0 bridgehead atoms. The topological polar surface area (TPSA) is 66.5 Å². The van der Waals surface area contributed by atoms with Crippen molar-refractivity contribution in [1.82, 2.24) is 10.2 Å². The summed E-state index contributed by atoms with van der Waals surface area (Å²) in [5.74, 6) is 0.416. The molecule has 2 fully saturated rings. The van der Waals surface area contributed by atoms with Crippen LogP contribution in [0.25, 0.3) is 0 Å². The number of carbonyl (C=O) groups excluding carboxylic acids is 2. The molecule has 1 N–H and O–H groups in total. The van der Waals surface area contributed by atoms with Gasteiger partial charge in [0.1, 0.15) is 11.6 Å². The Bertz CT molecular complexity index is 405. The molecule has 2 atom stereocenters. The molecule has 5 nitrogen and oxygen atoms in total. The van der Waals surface area contributed by atoms with Gasteiger partial charge in [0.15, 0.2) is 0 Å². The van der Waals surface area contributed by atoms with E-state index in [0.29, 0.717) is 18.7 Å². The molecule has 0 aromatic heterocycles. The van der Waals surface area contributed by atoms with Crippen molar-refractivity contribution in [2.45, 2.75) is 50.6 Å². The molecule has 108 valence electrons. The van der Waals surface area contributed by atoms with E-state index in [9.17, 15) is 13.8 Å². The van der Waals surface area contributed by atoms with Gasteiger partial charge in [-0.05, 0) is 19.3 Å². The highest BCUT2D eigenvalue weighted by molar-refractivity contribution is 7.84. The van der Waals surface area contributed by atoms with Gasteiger partial charge in [-0.1, -0.05) is 19.8 Å². The van der Waals surface area contributed by atoms with E-state index < -0.39 is 22.4 Å². The fraction of sp³-hybridized carbons (Fsp3) is 0.846. The Morgan fingerprint density at radius 1 is 1.37 bits per heavy atom. The summed E-state index contributed by atoms with van der Waals surface area (Å²) in [5, 5.41) is 2.95. The van der Waals surface area contributed by atoms with Crippen LogP contribution in [-0.4, -0.2) is 51.1 Å². The first-order chi connectivity index (χ1) is 9.00. The first kappa shape index (κ1) is 14.5. The Morgan fingerprint density at radius 3 is 2.53 bits per heavy atom. The van der Waals surface area contributed by atoms with E-state index in [4.69, 9.17) is 0 Å². The summed E-state index contributed by atoms with van der Waals surface area (Å²) in [7, 11) is -0.949. The van der Waals surface area contributed by atoms with Crippen molar-refractivity contribution in [2.24, 2.45) is 0 Å². The van der Waals surface area contributed by atoms with Crippen LogP contribution in [0.1, 0.15) is 39.0 Å².